The van der Waals surface area contributed by atoms with Crippen molar-refractivity contribution in [2.45, 2.75) is 45.1 Å². The van der Waals surface area contributed by atoms with Crippen molar-refractivity contribution in [3.8, 4) is 0 Å². The van der Waals surface area contributed by atoms with E-state index in [4.69, 9.17) is 14.3 Å². The van der Waals surface area contributed by atoms with Crippen molar-refractivity contribution in [3.05, 3.63) is 12.5 Å². The molecule has 2 rings (SSSR count). The second-order valence-electron chi connectivity index (χ2n) is 4.85. The van der Waals surface area contributed by atoms with Crippen molar-refractivity contribution in [3.63, 3.8) is 0 Å². The Hall–Kier alpha value is -1.47. The number of amides is 1. The number of likely N-dealkylation sites (tertiary alicyclic amines) is 1. The molecule has 2 aliphatic heterocycles. The highest BCUT2D eigenvalue weighted by Crippen LogP contribution is 2.33. The number of piperidine rings is 1. The Balaban J connectivity index is 2.21. The molecule has 2 aliphatic rings. The molecule has 108 valence electrons. The third-order valence-corrected chi connectivity index (χ3v) is 3.25. The normalized spacial score (nSPS) is 26.7. The third-order valence-electron chi connectivity index (χ3n) is 3.25. The lowest BCUT2D eigenvalue weighted by Gasteiger charge is -2.48. The fourth-order valence-electron chi connectivity index (χ4n) is 2.39. The van der Waals surface area contributed by atoms with Gasteiger partial charge in [-0.15, -0.1) is 0 Å². The molecule has 0 aromatic carbocycles. The van der Waals surface area contributed by atoms with E-state index in [-0.39, 0.29) is 12.2 Å². The largest absolute Gasteiger partial charge is 0.447 e. The lowest BCUT2D eigenvalue weighted by atomic mass is 10.1. The van der Waals surface area contributed by atoms with E-state index >= 15 is 0 Å². The van der Waals surface area contributed by atoms with Crippen molar-refractivity contribution in [1.29, 1.82) is 0 Å². The van der Waals surface area contributed by atoms with Gasteiger partial charge in [0, 0.05) is 20.1 Å². The zero-order valence-corrected chi connectivity index (χ0v) is 11.6. The number of methoxy groups -OCH3 is 1. The van der Waals surface area contributed by atoms with Crippen LogP contribution in [-0.4, -0.2) is 41.6 Å². The first-order valence-electron chi connectivity index (χ1n) is 6.51. The van der Waals surface area contributed by atoms with Gasteiger partial charge >= 0.3 is 6.09 Å². The second-order valence-corrected chi connectivity index (χ2v) is 4.85. The molecule has 7 heteroatoms. The topological polar surface area (TPSA) is 63.3 Å². The molecule has 0 saturated carbocycles. The van der Waals surface area contributed by atoms with E-state index in [9.17, 15) is 4.79 Å². The van der Waals surface area contributed by atoms with Crippen molar-refractivity contribution in [2.75, 3.05) is 13.7 Å². The van der Waals surface area contributed by atoms with Gasteiger partial charge in [0.1, 0.15) is 6.26 Å². The van der Waals surface area contributed by atoms with Crippen LogP contribution in [0, 0.1) is 0 Å². The van der Waals surface area contributed by atoms with Crippen LogP contribution in [0.4, 0.5) is 4.79 Å². The highest BCUT2D eigenvalue weighted by atomic mass is 16.7. The molecule has 1 amide bonds. The Morgan fingerprint density at radius 3 is 2.84 bits per heavy atom. The molecule has 0 aromatic rings. The lowest BCUT2D eigenvalue weighted by Crippen LogP contribution is -2.66. The zero-order chi connectivity index (χ0) is 13.9. The van der Waals surface area contributed by atoms with Crippen molar-refractivity contribution in [1.82, 2.24) is 15.5 Å². The monoisotopic (exact) mass is 271 g/mol. The van der Waals surface area contributed by atoms with Gasteiger partial charge in [-0.05, 0) is 26.7 Å². The highest BCUT2D eigenvalue weighted by Gasteiger charge is 2.48. The van der Waals surface area contributed by atoms with Gasteiger partial charge in [-0.25, -0.2) is 9.80 Å². The quantitative estimate of drug-likeness (QED) is 0.840. The minimum absolute atomic E-state index is 0.165. The molecule has 0 spiro atoms. The van der Waals surface area contributed by atoms with Crippen molar-refractivity contribution >= 4 is 6.09 Å². The number of nitrogens with one attached hydrogen (secondary N) is 1. The summed E-state index contributed by atoms with van der Waals surface area (Å²) in [6.45, 7) is 4.24. The molecule has 0 aliphatic carbocycles. The molecule has 0 bridgehead atoms. The molecule has 0 radical (unpaired) electrons. The van der Waals surface area contributed by atoms with Crippen LogP contribution in [0.5, 0.6) is 0 Å². The van der Waals surface area contributed by atoms with Crippen LogP contribution in [0.25, 0.3) is 0 Å². The lowest BCUT2D eigenvalue weighted by molar-refractivity contribution is -0.255. The molecule has 1 N–H and O–H groups in total. The van der Waals surface area contributed by atoms with Crippen LogP contribution in [-0.2, 0) is 14.3 Å². The number of ether oxygens (including phenoxy) is 2. The molecule has 1 unspecified atom stereocenters. The Morgan fingerprint density at radius 1 is 1.47 bits per heavy atom. The molecule has 1 fully saturated rings. The van der Waals surface area contributed by atoms with E-state index < -0.39 is 5.85 Å². The van der Waals surface area contributed by atoms with Gasteiger partial charge in [0.2, 0.25) is 5.85 Å². The first-order valence-corrected chi connectivity index (χ1v) is 6.51. The van der Waals surface area contributed by atoms with Gasteiger partial charge in [-0.1, -0.05) is 5.59 Å². The molecule has 19 heavy (non-hydrogen) atoms. The maximum atomic E-state index is 12.2. The summed E-state index contributed by atoms with van der Waals surface area (Å²) in [4.78, 5) is 18.8. The van der Waals surface area contributed by atoms with Gasteiger partial charge in [0.05, 0.1) is 12.3 Å². The minimum Gasteiger partial charge on any atom is -0.447 e. The number of rotatable bonds is 3. The molecular weight excluding hydrogens is 250 g/mol. The first kappa shape index (κ1) is 14.0. The first-order chi connectivity index (χ1) is 9.10. The standard InChI is InChI=1S/C12H21N3O4/c1-10(2)19-11(16)14-7-5-4-6-12(14,17-3)15-8-9-18-13-15/h8-10,13H,4-7H2,1-3H3. The summed E-state index contributed by atoms with van der Waals surface area (Å²) < 4.78 is 10.9. The third kappa shape index (κ3) is 2.62. The summed E-state index contributed by atoms with van der Waals surface area (Å²) in [7, 11) is 1.58. The second kappa shape index (κ2) is 5.66. The number of carbonyl (C=O) groups excluding carboxylic acids is 1. The zero-order valence-electron chi connectivity index (χ0n) is 11.6. The van der Waals surface area contributed by atoms with E-state index in [1.54, 1.807) is 23.2 Å². The van der Waals surface area contributed by atoms with Gasteiger partial charge in [0.25, 0.3) is 0 Å². The van der Waals surface area contributed by atoms with Crippen molar-refractivity contribution < 1.29 is 19.1 Å². The van der Waals surface area contributed by atoms with E-state index in [0.717, 1.165) is 12.8 Å². The minimum atomic E-state index is -0.906. The van der Waals surface area contributed by atoms with Gasteiger partial charge < -0.3 is 14.3 Å². The summed E-state index contributed by atoms with van der Waals surface area (Å²) in [5.74, 6) is -0.906. The van der Waals surface area contributed by atoms with Crippen LogP contribution < -0.4 is 5.59 Å². The fourth-order valence-corrected chi connectivity index (χ4v) is 2.39. The SMILES string of the molecule is COC1(N2C=CON2)CCCCN1C(=O)OC(C)C. The van der Waals surface area contributed by atoms with Crippen LogP contribution in [0.3, 0.4) is 0 Å². The highest BCUT2D eigenvalue weighted by molar-refractivity contribution is 5.68. The van der Waals surface area contributed by atoms with Crippen LogP contribution in [0.15, 0.2) is 12.5 Å². The summed E-state index contributed by atoms with van der Waals surface area (Å²) in [6, 6.07) is 0. The smallest absolute Gasteiger partial charge is 0.413 e. The van der Waals surface area contributed by atoms with E-state index in [1.807, 2.05) is 13.8 Å². The summed E-state index contributed by atoms with van der Waals surface area (Å²) >= 11 is 0. The number of hydrazine groups is 1. The maximum Gasteiger partial charge on any atom is 0.413 e. The number of hydrogen-bond acceptors (Lipinski definition) is 6. The van der Waals surface area contributed by atoms with Gasteiger partial charge in [-0.3, -0.25) is 4.90 Å². The predicted molar refractivity (Wildman–Crippen MR) is 67.1 cm³/mol. The molecular formula is C12H21N3O4. The fraction of sp³-hybridized carbons (Fsp3) is 0.750. The molecule has 7 nitrogen and oxygen atoms in total. The van der Waals surface area contributed by atoms with Crippen LogP contribution >= 0.6 is 0 Å². The Morgan fingerprint density at radius 2 is 2.26 bits per heavy atom. The average Bonchev–Trinajstić information content (AvgIpc) is 2.92. The number of nitrogens with zero attached hydrogens (tertiary/aromatic N) is 2. The Kier molecular flexibility index (Phi) is 4.16. The Bertz CT molecular complexity index is 361. The molecule has 0 aromatic heterocycles. The molecule has 1 atom stereocenters. The molecule has 1 saturated heterocycles. The number of carbonyl (C=O) groups is 1. The van der Waals surface area contributed by atoms with Crippen LogP contribution in [0.2, 0.25) is 0 Å². The van der Waals surface area contributed by atoms with Gasteiger partial charge in [-0.2, -0.15) is 0 Å². The average molecular weight is 271 g/mol. The van der Waals surface area contributed by atoms with Crippen LogP contribution in [0.1, 0.15) is 33.1 Å². The van der Waals surface area contributed by atoms with Crippen molar-refractivity contribution in [2.24, 2.45) is 0 Å². The molecule has 2 heterocycles. The van der Waals surface area contributed by atoms with E-state index in [0.29, 0.717) is 13.0 Å². The number of hydrogen-bond donors (Lipinski definition) is 1. The summed E-state index contributed by atoms with van der Waals surface area (Å²) in [5.41, 5.74) is 2.70. The Labute approximate surface area is 113 Å². The van der Waals surface area contributed by atoms with E-state index in [1.165, 1.54) is 6.26 Å². The predicted octanol–water partition coefficient (Wildman–Crippen LogP) is 1.54. The summed E-state index contributed by atoms with van der Waals surface area (Å²) in [5, 5.41) is 1.65. The maximum absolute atomic E-state index is 12.2. The van der Waals surface area contributed by atoms with Gasteiger partial charge in [0.15, 0.2) is 0 Å². The summed E-state index contributed by atoms with van der Waals surface area (Å²) in [6.07, 6.45) is 5.23. The van der Waals surface area contributed by atoms with E-state index in [2.05, 4.69) is 5.59 Å².